The van der Waals surface area contributed by atoms with Crippen molar-refractivity contribution in [3.63, 3.8) is 0 Å². The smallest absolute Gasteiger partial charge is 0.267 e. The fourth-order valence-corrected chi connectivity index (χ4v) is 4.95. The number of rotatable bonds is 5. The predicted molar refractivity (Wildman–Crippen MR) is 120 cm³/mol. The van der Waals surface area contributed by atoms with E-state index in [2.05, 4.69) is 0 Å². The number of thioether (sulfide) groups is 1. The van der Waals surface area contributed by atoms with Gasteiger partial charge in [-0.15, -0.1) is 0 Å². The largest absolute Gasteiger partial charge is 0.383 e. The van der Waals surface area contributed by atoms with Crippen LogP contribution in [0, 0.1) is 0 Å². The van der Waals surface area contributed by atoms with Crippen LogP contribution in [0.25, 0.3) is 5.57 Å². The number of anilines is 1. The van der Waals surface area contributed by atoms with Gasteiger partial charge in [0.15, 0.2) is 0 Å². The number of carbonyl (C=O) groups is 2. The molecule has 0 aliphatic carbocycles. The Bertz CT molecular complexity index is 1050. The van der Waals surface area contributed by atoms with Crippen molar-refractivity contribution in [2.24, 2.45) is 0 Å². The molecule has 0 aromatic heterocycles. The molecule has 0 spiro atoms. The summed E-state index contributed by atoms with van der Waals surface area (Å²) in [5.41, 5.74) is 2.72. The molecule has 2 aliphatic heterocycles. The molecule has 2 aliphatic rings. The van der Waals surface area contributed by atoms with Gasteiger partial charge in [-0.25, -0.2) is 0 Å². The minimum absolute atomic E-state index is 0.224. The lowest BCUT2D eigenvalue weighted by atomic mass is 10.1. The van der Waals surface area contributed by atoms with Crippen molar-refractivity contribution in [3.05, 3.63) is 69.6 Å². The van der Waals surface area contributed by atoms with E-state index in [1.54, 1.807) is 18.1 Å². The third kappa shape index (κ3) is 3.59. The van der Waals surface area contributed by atoms with Gasteiger partial charge in [0.05, 0.1) is 35.9 Å². The zero-order valence-corrected chi connectivity index (χ0v) is 17.9. The van der Waals surface area contributed by atoms with Gasteiger partial charge in [-0.3, -0.25) is 14.5 Å². The van der Waals surface area contributed by atoms with Gasteiger partial charge >= 0.3 is 0 Å². The van der Waals surface area contributed by atoms with Crippen LogP contribution in [-0.2, 0) is 20.9 Å². The van der Waals surface area contributed by atoms with Crippen molar-refractivity contribution < 1.29 is 14.3 Å². The average molecular weight is 445 g/mol. The average Bonchev–Trinajstić information content (AvgIpc) is 3.15. The molecule has 2 amide bonds. The zero-order chi connectivity index (χ0) is 20.5. The first-order chi connectivity index (χ1) is 14.0. The normalized spacial score (nSPS) is 18.8. The number of nitrogens with zero attached hydrogens (tertiary/aromatic N) is 2. The molecule has 0 bridgehead atoms. The predicted octanol–water partition coefficient (Wildman–Crippen LogP) is 4.10. The van der Waals surface area contributed by atoms with Gasteiger partial charge in [-0.1, -0.05) is 72.0 Å². The number of thiocarbonyl (C=S) groups is 1. The van der Waals surface area contributed by atoms with Crippen molar-refractivity contribution in [1.29, 1.82) is 0 Å². The Kier molecular flexibility index (Phi) is 5.74. The Labute approximate surface area is 183 Å². The molecule has 29 heavy (non-hydrogen) atoms. The molecule has 148 valence electrons. The highest BCUT2D eigenvalue weighted by Crippen LogP contribution is 2.45. The van der Waals surface area contributed by atoms with Gasteiger partial charge in [0.1, 0.15) is 4.32 Å². The minimum Gasteiger partial charge on any atom is -0.383 e. The highest BCUT2D eigenvalue weighted by molar-refractivity contribution is 8.26. The lowest BCUT2D eigenvalue weighted by molar-refractivity contribution is -0.123. The van der Waals surface area contributed by atoms with E-state index in [4.69, 9.17) is 28.6 Å². The van der Waals surface area contributed by atoms with Crippen LogP contribution in [0.5, 0.6) is 0 Å². The van der Waals surface area contributed by atoms with Crippen LogP contribution in [0.2, 0.25) is 5.02 Å². The monoisotopic (exact) mass is 444 g/mol. The molecule has 8 heteroatoms. The van der Waals surface area contributed by atoms with Crippen LogP contribution in [0.4, 0.5) is 5.69 Å². The highest BCUT2D eigenvalue weighted by atomic mass is 35.5. The maximum atomic E-state index is 13.4. The van der Waals surface area contributed by atoms with E-state index < -0.39 is 0 Å². The number of halogens is 1. The summed E-state index contributed by atoms with van der Waals surface area (Å²) in [6.45, 7) is 1.05. The summed E-state index contributed by atoms with van der Waals surface area (Å²) in [7, 11) is 1.57. The second kappa shape index (κ2) is 8.28. The first kappa shape index (κ1) is 20.1. The van der Waals surface area contributed by atoms with Crippen molar-refractivity contribution in [3.8, 4) is 0 Å². The van der Waals surface area contributed by atoms with Gasteiger partial charge in [-0.05, 0) is 17.7 Å². The van der Waals surface area contributed by atoms with Gasteiger partial charge in [0.25, 0.3) is 11.8 Å². The molecule has 0 atom stereocenters. The molecule has 4 rings (SSSR count). The van der Waals surface area contributed by atoms with Gasteiger partial charge in [-0.2, -0.15) is 0 Å². The fourth-order valence-electron chi connectivity index (χ4n) is 3.38. The SMILES string of the molecule is COCCN1C(=O)/C(=C2/C(=O)N(Cc3ccccc3Cl)c3ccccc32)SC1=S. The van der Waals surface area contributed by atoms with E-state index in [1.807, 2.05) is 42.5 Å². The Balaban J connectivity index is 1.75. The van der Waals surface area contributed by atoms with E-state index >= 15 is 0 Å². The molecular formula is C21H17ClN2O3S2. The molecular weight excluding hydrogens is 428 g/mol. The Morgan fingerprint density at radius 1 is 1.03 bits per heavy atom. The summed E-state index contributed by atoms with van der Waals surface area (Å²) < 4.78 is 5.50. The number of methoxy groups -OCH3 is 1. The van der Waals surface area contributed by atoms with Crippen LogP contribution in [0.1, 0.15) is 11.1 Å². The number of amides is 2. The summed E-state index contributed by atoms with van der Waals surface area (Å²) in [5.74, 6) is -0.479. The van der Waals surface area contributed by atoms with E-state index in [0.717, 1.165) is 16.8 Å². The van der Waals surface area contributed by atoms with E-state index in [1.165, 1.54) is 16.7 Å². The van der Waals surface area contributed by atoms with Gasteiger partial charge in [0, 0.05) is 17.7 Å². The molecule has 5 nitrogen and oxygen atoms in total. The lowest BCUT2D eigenvalue weighted by Gasteiger charge is -2.18. The van der Waals surface area contributed by atoms with Gasteiger partial charge in [0.2, 0.25) is 0 Å². The molecule has 0 saturated carbocycles. The summed E-state index contributed by atoms with van der Waals surface area (Å²) in [4.78, 5) is 29.9. The van der Waals surface area contributed by atoms with Gasteiger partial charge < -0.3 is 9.64 Å². The molecule has 0 N–H and O–H groups in total. The third-order valence-corrected chi connectivity index (χ3v) is 6.62. The maximum absolute atomic E-state index is 13.4. The number of benzene rings is 2. The van der Waals surface area contributed by atoms with Crippen molar-refractivity contribution in [2.75, 3.05) is 25.2 Å². The zero-order valence-electron chi connectivity index (χ0n) is 15.6. The number of carbonyl (C=O) groups excluding carboxylic acids is 2. The van der Waals surface area contributed by atoms with E-state index in [0.29, 0.717) is 39.5 Å². The number of hydrogen-bond acceptors (Lipinski definition) is 5. The molecule has 2 aromatic rings. The number of para-hydroxylation sites is 1. The summed E-state index contributed by atoms with van der Waals surface area (Å²) >= 11 is 12.8. The van der Waals surface area contributed by atoms with E-state index in [-0.39, 0.29) is 11.8 Å². The fraction of sp³-hybridized carbons (Fsp3) is 0.190. The summed E-state index contributed by atoms with van der Waals surface area (Å²) in [5, 5.41) is 0.595. The number of ether oxygens (including phenoxy) is 1. The van der Waals surface area contributed by atoms with Crippen LogP contribution in [-0.4, -0.2) is 41.3 Å². The lowest BCUT2D eigenvalue weighted by Crippen LogP contribution is -2.32. The first-order valence-electron chi connectivity index (χ1n) is 8.94. The second-order valence-corrected chi connectivity index (χ2v) is 8.57. The quantitative estimate of drug-likeness (QED) is 0.513. The Morgan fingerprint density at radius 3 is 2.52 bits per heavy atom. The molecule has 2 aromatic carbocycles. The maximum Gasteiger partial charge on any atom is 0.267 e. The van der Waals surface area contributed by atoms with Crippen LogP contribution in [0.3, 0.4) is 0 Å². The van der Waals surface area contributed by atoms with Crippen LogP contribution in [0.15, 0.2) is 53.4 Å². The van der Waals surface area contributed by atoms with Crippen molar-refractivity contribution >= 4 is 63.0 Å². The Hall–Kier alpha value is -2.19. The first-order valence-corrected chi connectivity index (χ1v) is 10.5. The molecule has 1 saturated heterocycles. The molecule has 0 radical (unpaired) electrons. The topological polar surface area (TPSA) is 49.9 Å². The van der Waals surface area contributed by atoms with Crippen LogP contribution >= 0.6 is 35.6 Å². The highest BCUT2D eigenvalue weighted by Gasteiger charge is 2.41. The summed E-state index contributed by atoms with van der Waals surface area (Å²) in [6, 6.07) is 14.9. The Morgan fingerprint density at radius 2 is 1.76 bits per heavy atom. The molecule has 2 heterocycles. The van der Waals surface area contributed by atoms with Crippen molar-refractivity contribution in [1.82, 2.24) is 4.90 Å². The number of fused-ring (bicyclic) bond motifs is 1. The third-order valence-electron chi connectivity index (χ3n) is 4.80. The molecule has 1 fully saturated rings. The second-order valence-electron chi connectivity index (χ2n) is 6.52. The standard InChI is InChI=1S/C21H17ClN2O3S2/c1-27-11-10-23-20(26)18(29-21(23)28)17-14-7-3-5-9-16(14)24(19(17)25)12-13-6-2-4-8-15(13)22/h2-9H,10-12H2,1H3/b18-17-. The summed E-state index contributed by atoms with van der Waals surface area (Å²) in [6.07, 6.45) is 0. The van der Waals surface area contributed by atoms with E-state index in [9.17, 15) is 9.59 Å². The molecule has 0 unspecified atom stereocenters. The van der Waals surface area contributed by atoms with Crippen LogP contribution < -0.4 is 4.90 Å². The minimum atomic E-state index is -0.255. The van der Waals surface area contributed by atoms with Crippen molar-refractivity contribution in [2.45, 2.75) is 6.54 Å². The number of hydrogen-bond donors (Lipinski definition) is 0.